The summed E-state index contributed by atoms with van der Waals surface area (Å²) < 4.78 is 13.8. The summed E-state index contributed by atoms with van der Waals surface area (Å²) in [5, 5.41) is 29.3. The van der Waals surface area contributed by atoms with E-state index in [9.17, 15) is 5.11 Å². The number of pyridine rings is 1. The molecule has 31 heavy (non-hydrogen) atoms. The van der Waals surface area contributed by atoms with Crippen molar-refractivity contribution in [2.45, 2.75) is 31.9 Å². The molecular weight excluding hydrogens is 438 g/mol. The quantitative estimate of drug-likeness (QED) is 0.456. The number of fused-ring (bicyclic) bond motifs is 1. The van der Waals surface area contributed by atoms with Crippen molar-refractivity contribution in [1.29, 1.82) is 0 Å². The molecule has 1 atom stereocenters. The Morgan fingerprint density at radius 2 is 2.23 bits per heavy atom. The van der Waals surface area contributed by atoms with Crippen LogP contribution in [-0.4, -0.2) is 53.8 Å². The number of hydrogen-bond acceptors (Lipinski definition) is 8. The molecule has 1 unspecified atom stereocenters. The molecule has 9 nitrogen and oxygen atoms in total. The van der Waals surface area contributed by atoms with E-state index < -0.39 is 6.10 Å². The van der Waals surface area contributed by atoms with Crippen LogP contribution in [0.3, 0.4) is 0 Å². The molecule has 4 aromatic heterocycles. The molecule has 0 radical (unpaired) electrons. The molecule has 5 heterocycles. The van der Waals surface area contributed by atoms with Crippen molar-refractivity contribution in [3.05, 3.63) is 46.3 Å². The van der Waals surface area contributed by atoms with Gasteiger partial charge in [0.1, 0.15) is 29.7 Å². The molecular formula is C20H22ClN7O2S. The van der Waals surface area contributed by atoms with Crippen molar-refractivity contribution >= 4 is 28.7 Å². The number of aliphatic hydroxyl groups excluding tert-OH is 1. The highest BCUT2D eigenvalue weighted by atomic mass is 35.5. The van der Waals surface area contributed by atoms with E-state index in [2.05, 4.69) is 25.1 Å². The first-order chi connectivity index (χ1) is 15.1. The first kappa shape index (κ1) is 20.4. The second-order valence-corrected chi connectivity index (χ2v) is 8.65. The van der Waals surface area contributed by atoms with Crippen molar-refractivity contribution in [1.82, 2.24) is 34.3 Å². The molecule has 2 N–H and O–H groups in total. The van der Waals surface area contributed by atoms with Gasteiger partial charge in [0.05, 0.1) is 28.6 Å². The monoisotopic (exact) mass is 459 g/mol. The van der Waals surface area contributed by atoms with Crippen LogP contribution in [0.5, 0.6) is 5.75 Å². The Balaban J connectivity index is 1.48. The molecule has 162 valence electrons. The molecule has 0 aliphatic carbocycles. The molecule has 5 rings (SSSR count). The molecule has 1 saturated heterocycles. The second-order valence-electron chi connectivity index (χ2n) is 7.58. The Morgan fingerprint density at radius 3 is 3.00 bits per heavy atom. The van der Waals surface area contributed by atoms with Crippen LogP contribution in [-0.2, 0) is 0 Å². The maximum absolute atomic E-state index is 10.4. The zero-order valence-electron chi connectivity index (χ0n) is 16.9. The van der Waals surface area contributed by atoms with Crippen LogP contribution < -0.4 is 10.1 Å². The van der Waals surface area contributed by atoms with Gasteiger partial charge >= 0.3 is 0 Å². The summed E-state index contributed by atoms with van der Waals surface area (Å²) in [5.74, 6) is 0.519. The third-order valence-corrected chi connectivity index (χ3v) is 6.43. The van der Waals surface area contributed by atoms with Gasteiger partial charge in [0.15, 0.2) is 0 Å². The number of rotatable bonds is 6. The predicted octanol–water partition coefficient (Wildman–Crippen LogP) is 3.05. The largest absolute Gasteiger partial charge is 0.488 e. The molecule has 11 heteroatoms. The van der Waals surface area contributed by atoms with Crippen LogP contribution >= 0.6 is 23.1 Å². The molecule has 4 aromatic rings. The lowest BCUT2D eigenvalue weighted by Gasteiger charge is -2.23. The Bertz CT molecular complexity index is 1180. The second kappa shape index (κ2) is 8.54. The van der Waals surface area contributed by atoms with Crippen molar-refractivity contribution in [3.63, 3.8) is 0 Å². The van der Waals surface area contributed by atoms with Crippen LogP contribution in [0.2, 0.25) is 5.02 Å². The number of ether oxygens (including phenoxy) is 1. The van der Waals surface area contributed by atoms with Gasteiger partial charge in [-0.2, -0.15) is 9.47 Å². The smallest absolute Gasteiger partial charge is 0.147 e. The number of piperidine rings is 1. The van der Waals surface area contributed by atoms with Crippen LogP contribution in [0.25, 0.3) is 16.8 Å². The van der Waals surface area contributed by atoms with E-state index in [1.54, 1.807) is 16.8 Å². The number of aromatic nitrogens is 6. The van der Waals surface area contributed by atoms with Gasteiger partial charge in [0.2, 0.25) is 0 Å². The van der Waals surface area contributed by atoms with E-state index in [0.717, 1.165) is 42.9 Å². The highest BCUT2D eigenvalue weighted by molar-refractivity contribution is 7.03. The van der Waals surface area contributed by atoms with Gasteiger partial charge in [-0.1, -0.05) is 16.8 Å². The van der Waals surface area contributed by atoms with Gasteiger partial charge in [-0.15, -0.1) is 5.10 Å². The summed E-state index contributed by atoms with van der Waals surface area (Å²) in [5.41, 5.74) is 3.81. The van der Waals surface area contributed by atoms with Crippen LogP contribution in [0.1, 0.15) is 36.4 Å². The van der Waals surface area contributed by atoms with E-state index in [4.69, 9.17) is 16.3 Å². The molecule has 0 saturated carbocycles. The van der Waals surface area contributed by atoms with E-state index >= 15 is 0 Å². The first-order valence-electron chi connectivity index (χ1n) is 10.1. The Kier molecular flexibility index (Phi) is 5.61. The van der Waals surface area contributed by atoms with Crippen LogP contribution in [0.15, 0.2) is 29.9 Å². The molecule has 1 aliphatic heterocycles. The average Bonchev–Trinajstić information content (AvgIpc) is 3.53. The van der Waals surface area contributed by atoms with Gasteiger partial charge < -0.3 is 15.2 Å². The number of nitrogens with zero attached hydrogens (tertiary/aromatic N) is 6. The van der Waals surface area contributed by atoms with E-state index in [1.807, 2.05) is 29.2 Å². The highest BCUT2D eigenvalue weighted by Crippen LogP contribution is 2.34. The molecule has 0 spiro atoms. The van der Waals surface area contributed by atoms with Crippen molar-refractivity contribution in [3.8, 4) is 17.0 Å². The normalized spacial score (nSPS) is 16.1. The fourth-order valence-corrected chi connectivity index (χ4v) is 4.73. The van der Waals surface area contributed by atoms with Crippen molar-refractivity contribution < 1.29 is 9.84 Å². The topological polar surface area (TPSA) is 102 Å². The first-order valence-corrected chi connectivity index (χ1v) is 11.3. The third-order valence-electron chi connectivity index (χ3n) is 5.58. The number of aliphatic hydroxyl groups is 1. The van der Waals surface area contributed by atoms with Crippen LogP contribution in [0, 0.1) is 6.92 Å². The standard InChI is InChI=1S/C20H22ClN7O2S/c1-12-19(24-26-28(12)14-2-5-22-6-3-14)13-8-18(20-15(21)9-23-27(20)10-13)30-11-17(29)16-4-7-31-25-16/h4,7-10,14,17,22,29H,2-3,5-6,11H2,1H3. The molecule has 1 aliphatic rings. The van der Waals surface area contributed by atoms with Gasteiger partial charge in [-0.3, -0.25) is 0 Å². The lowest BCUT2D eigenvalue weighted by Crippen LogP contribution is -2.30. The number of hydrogen-bond donors (Lipinski definition) is 2. The molecule has 0 amide bonds. The third kappa shape index (κ3) is 3.91. The minimum Gasteiger partial charge on any atom is -0.488 e. The summed E-state index contributed by atoms with van der Waals surface area (Å²) in [6, 6.07) is 3.99. The molecule has 1 fully saturated rings. The average molecular weight is 460 g/mol. The maximum Gasteiger partial charge on any atom is 0.147 e. The zero-order valence-corrected chi connectivity index (χ0v) is 18.5. The molecule has 0 aromatic carbocycles. The van der Waals surface area contributed by atoms with Crippen molar-refractivity contribution in [2.24, 2.45) is 0 Å². The SMILES string of the molecule is Cc1c(-c2cc(OCC(O)c3ccsn3)c3c(Cl)cnn3c2)nnn1C1CCNCC1. The Labute approximate surface area is 187 Å². The van der Waals surface area contributed by atoms with Gasteiger partial charge in [-0.05, 0) is 56.5 Å². The van der Waals surface area contributed by atoms with Crippen molar-refractivity contribution in [2.75, 3.05) is 19.7 Å². The maximum atomic E-state index is 10.4. The highest BCUT2D eigenvalue weighted by Gasteiger charge is 2.22. The fraction of sp³-hybridized carbons (Fsp3) is 0.400. The molecule has 0 bridgehead atoms. The minimum absolute atomic E-state index is 0.0467. The predicted molar refractivity (Wildman–Crippen MR) is 118 cm³/mol. The lowest BCUT2D eigenvalue weighted by molar-refractivity contribution is 0.106. The Hall–Kier alpha value is -2.53. The summed E-state index contributed by atoms with van der Waals surface area (Å²) in [7, 11) is 0. The zero-order chi connectivity index (χ0) is 21.4. The number of nitrogens with one attached hydrogen (secondary N) is 1. The Morgan fingerprint density at radius 1 is 1.39 bits per heavy atom. The van der Waals surface area contributed by atoms with Gasteiger partial charge in [0.25, 0.3) is 0 Å². The fourth-order valence-electron chi connectivity index (χ4n) is 3.94. The van der Waals surface area contributed by atoms with E-state index in [1.165, 1.54) is 11.5 Å². The van der Waals surface area contributed by atoms with E-state index in [0.29, 0.717) is 28.0 Å². The summed E-state index contributed by atoms with van der Waals surface area (Å²) in [6.45, 7) is 4.04. The number of halogens is 1. The minimum atomic E-state index is -0.834. The lowest BCUT2D eigenvalue weighted by atomic mass is 10.1. The summed E-state index contributed by atoms with van der Waals surface area (Å²) >= 11 is 7.64. The van der Waals surface area contributed by atoms with Crippen LogP contribution in [0.4, 0.5) is 0 Å². The summed E-state index contributed by atoms with van der Waals surface area (Å²) in [4.78, 5) is 0. The van der Waals surface area contributed by atoms with Gasteiger partial charge in [0, 0.05) is 17.1 Å². The van der Waals surface area contributed by atoms with E-state index in [-0.39, 0.29) is 6.61 Å². The van der Waals surface area contributed by atoms with Gasteiger partial charge in [-0.25, -0.2) is 9.20 Å². The summed E-state index contributed by atoms with van der Waals surface area (Å²) in [6.07, 6.45) is 4.66.